The number of nitrogens with zero attached hydrogens (tertiary/aromatic N) is 5. The molecule has 240 valence electrons. The number of piperidine rings is 1. The summed E-state index contributed by atoms with van der Waals surface area (Å²) < 4.78 is 74.9. The average molecular weight is 623 g/mol. The van der Waals surface area contributed by atoms with E-state index in [1.54, 1.807) is 18.2 Å². The first-order valence-corrected chi connectivity index (χ1v) is 15.2. The second-order valence-electron chi connectivity index (χ2n) is 13.1. The number of hydrogen-bond donors (Lipinski definition) is 1. The van der Waals surface area contributed by atoms with Gasteiger partial charge in [-0.2, -0.15) is 18.2 Å². The number of amides is 1. The van der Waals surface area contributed by atoms with Crippen LogP contribution in [-0.4, -0.2) is 72.2 Å². The van der Waals surface area contributed by atoms with Gasteiger partial charge < -0.3 is 4.74 Å². The Balaban J connectivity index is 1.37. The smallest absolute Gasteiger partial charge is 0.416 e. The molecule has 8 nitrogen and oxygen atoms in total. The number of halogens is 5. The Hall–Kier alpha value is -2.87. The molecule has 44 heavy (non-hydrogen) atoms. The molecule has 0 spiro atoms. The number of rotatable bonds is 8. The molecule has 1 aromatic heterocycles. The topological polar surface area (TPSA) is 64.2 Å². The molecule has 1 saturated carbocycles. The van der Waals surface area contributed by atoms with Crippen LogP contribution < -0.4 is 15.1 Å². The van der Waals surface area contributed by atoms with Crippen LogP contribution in [0.15, 0.2) is 24.3 Å². The number of ether oxygens (including phenoxy) is 1. The first-order valence-electron chi connectivity index (χ1n) is 15.2. The van der Waals surface area contributed by atoms with Crippen molar-refractivity contribution in [3.63, 3.8) is 0 Å². The summed E-state index contributed by atoms with van der Waals surface area (Å²) in [5, 5.41) is 2.10. The van der Waals surface area contributed by atoms with Crippen LogP contribution in [0.1, 0.15) is 72.1 Å². The first kappa shape index (κ1) is 31.1. The Morgan fingerprint density at radius 1 is 1.14 bits per heavy atom. The summed E-state index contributed by atoms with van der Waals surface area (Å²) in [6.07, 6.45) is -3.82. The molecule has 3 fully saturated rings. The summed E-state index contributed by atoms with van der Waals surface area (Å²) in [4.78, 5) is 23.7. The normalized spacial score (nSPS) is 26.8. The van der Waals surface area contributed by atoms with Crippen LogP contribution >= 0.6 is 0 Å². The van der Waals surface area contributed by atoms with Crippen molar-refractivity contribution in [3.05, 3.63) is 52.1 Å². The maximum Gasteiger partial charge on any atom is 0.416 e. The third kappa shape index (κ3) is 6.03. The van der Waals surface area contributed by atoms with E-state index in [2.05, 4.69) is 39.1 Å². The molecule has 6 rings (SSSR count). The number of pyridine rings is 1. The molecular weight excluding hydrogens is 583 g/mol. The van der Waals surface area contributed by atoms with Gasteiger partial charge in [-0.3, -0.25) is 19.5 Å². The molecule has 4 heterocycles. The fourth-order valence-electron chi connectivity index (χ4n) is 7.35. The van der Waals surface area contributed by atoms with Gasteiger partial charge in [0.05, 0.1) is 31.0 Å². The molecule has 4 aliphatic rings. The van der Waals surface area contributed by atoms with E-state index in [4.69, 9.17) is 4.74 Å². The number of hydrogen-bond acceptors (Lipinski definition) is 7. The van der Waals surface area contributed by atoms with Gasteiger partial charge in [0.1, 0.15) is 5.82 Å². The molecule has 1 N–H and O–H groups in total. The van der Waals surface area contributed by atoms with Gasteiger partial charge in [-0.05, 0) is 86.0 Å². The minimum Gasteiger partial charge on any atom is -0.472 e. The zero-order chi connectivity index (χ0) is 31.4. The van der Waals surface area contributed by atoms with Crippen molar-refractivity contribution in [1.29, 1.82) is 0 Å². The number of carbonyl (C=O) groups is 1. The lowest BCUT2D eigenvalue weighted by atomic mass is 9.65. The predicted molar refractivity (Wildman–Crippen MR) is 154 cm³/mol. The van der Waals surface area contributed by atoms with Gasteiger partial charge in [-0.15, -0.1) is 0 Å². The number of anilines is 1. The number of likely N-dealkylation sites (tertiary alicyclic amines) is 1. The summed E-state index contributed by atoms with van der Waals surface area (Å²) in [7, 11) is 1.97. The summed E-state index contributed by atoms with van der Waals surface area (Å²) in [6, 6.07) is 6.05. The van der Waals surface area contributed by atoms with Crippen molar-refractivity contribution in [3.8, 4) is 5.88 Å². The SMILES string of the molecule is CC1CC(c2cc(OCC(F)F)nc(N3Cc4c(cc(CN5CCC[C@H](C)C5)cc4C(F)(F)F)C3=O)c2)(N2CN(C)CN2)C1. The van der Waals surface area contributed by atoms with Gasteiger partial charge in [0.15, 0.2) is 6.61 Å². The van der Waals surface area contributed by atoms with E-state index < -0.39 is 36.2 Å². The van der Waals surface area contributed by atoms with Gasteiger partial charge in [0.2, 0.25) is 5.88 Å². The maximum absolute atomic E-state index is 14.4. The van der Waals surface area contributed by atoms with E-state index in [1.165, 1.54) is 4.90 Å². The third-order valence-corrected chi connectivity index (χ3v) is 9.32. The Bertz CT molecular complexity index is 1400. The summed E-state index contributed by atoms with van der Waals surface area (Å²) in [6.45, 7) is 6.17. The number of hydrazine groups is 1. The van der Waals surface area contributed by atoms with Crippen molar-refractivity contribution >= 4 is 11.7 Å². The second kappa shape index (κ2) is 11.8. The Morgan fingerprint density at radius 3 is 2.55 bits per heavy atom. The Morgan fingerprint density at radius 2 is 1.91 bits per heavy atom. The molecule has 2 aromatic rings. The molecule has 0 radical (unpaired) electrons. The number of nitrogens with one attached hydrogen (secondary N) is 1. The summed E-state index contributed by atoms with van der Waals surface area (Å²) >= 11 is 0. The highest BCUT2D eigenvalue weighted by molar-refractivity contribution is 6.10. The number of benzene rings is 1. The van der Waals surface area contributed by atoms with Crippen molar-refractivity contribution in [2.24, 2.45) is 11.8 Å². The van der Waals surface area contributed by atoms with Crippen LogP contribution in [0, 0.1) is 11.8 Å². The fourth-order valence-corrected chi connectivity index (χ4v) is 7.35. The Kier molecular flexibility index (Phi) is 8.35. The van der Waals surface area contributed by atoms with Crippen molar-refractivity contribution in [2.75, 3.05) is 45.0 Å². The van der Waals surface area contributed by atoms with Gasteiger partial charge in [-0.25, -0.2) is 19.2 Å². The number of alkyl halides is 5. The van der Waals surface area contributed by atoms with E-state index in [9.17, 15) is 26.7 Å². The molecule has 1 amide bonds. The fraction of sp³-hybridized carbons (Fsp3) is 0.613. The predicted octanol–water partition coefficient (Wildman–Crippen LogP) is 5.43. The lowest BCUT2D eigenvalue weighted by molar-refractivity contribution is -0.138. The van der Waals surface area contributed by atoms with E-state index in [1.807, 2.05) is 7.05 Å². The molecular formula is C31H39F5N6O2. The van der Waals surface area contributed by atoms with E-state index in [0.29, 0.717) is 42.8 Å². The molecule has 13 heteroatoms. The molecule has 1 aromatic carbocycles. The Labute approximate surface area is 254 Å². The maximum atomic E-state index is 14.4. The van der Waals surface area contributed by atoms with Crippen LogP contribution in [0.2, 0.25) is 0 Å². The van der Waals surface area contributed by atoms with Crippen LogP contribution in [0.25, 0.3) is 0 Å². The van der Waals surface area contributed by atoms with Crippen molar-refractivity contribution in [2.45, 2.75) is 70.8 Å². The minimum atomic E-state index is -4.66. The van der Waals surface area contributed by atoms with Gasteiger partial charge in [0, 0.05) is 24.7 Å². The molecule has 0 unspecified atom stereocenters. The van der Waals surface area contributed by atoms with E-state index >= 15 is 0 Å². The number of aromatic nitrogens is 1. The molecule has 3 aliphatic heterocycles. The summed E-state index contributed by atoms with van der Waals surface area (Å²) in [5.41, 5.74) is 3.09. The van der Waals surface area contributed by atoms with Crippen molar-refractivity contribution in [1.82, 2.24) is 25.2 Å². The van der Waals surface area contributed by atoms with Crippen LogP contribution in [-0.2, 0) is 24.8 Å². The highest BCUT2D eigenvalue weighted by Crippen LogP contribution is 2.51. The van der Waals surface area contributed by atoms with Gasteiger partial charge in [-0.1, -0.05) is 13.8 Å². The average Bonchev–Trinajstić information content (AvgIpc) is 3.52. The molecule has 1 aliphatic carbocycles. The van der Waals surface area contributed by atoms with E-state index in [-0.39, 0.29) is 29.4 Å². The lowest BCUT2D eigenvalue weighted by Gasteiger charge is -2.52. The molecule has 2 saturated heterocycles. The number of fused-ring (bicyclic) bond motifs is 1. The van der Waals surface area contributed by atoms with Crippen LogP contribution in [0.5, 0.6) is 5.88 Å². The van der Waals surface area contributed by atoms with E-state index in [0.717, 1.165) is 44.8 Å². The minimum absolute atomic E-state index is 0.00283. The first-order chi connectivity index (χ1) is 20.8. The van der Waals surface area contributed by atoms with Crippen molar-refractivity contribution < 1.29 is 31.5 Å². The largest absolute Gasteiger partial charge is 0.472 e. The zero-order valence-corrected chi connectivity index (χ0v) is 25.3. The number of carbonyl (C=O) groups excluding carboxylic acids is 1. The monoisotopic (exact) mass is 622 g/mol. The zero-order valence-electron chi connectivity index (χ0n) is 25.3. The van der Waals surface area contributed by atoms with Gasteiger partial charge in [0.25, 0.3) is 12.3 Å². The summed E-state index contributed by atoms with van der Waals surface area (Å²) in [5.74, 6) is 0.232. The van der Waals surface area contributed by atoms with Crippen LogP contribution in [0.3, 0.4) is 0 Å². The van der Waals surface area contributed by atoms with Gasteiger partial charge >= 0.3 is 6.18 Å². The lowest BCUT2D eigenvalue weighted by Crippen LogP contribution is -2.57. The highest BCUT2D eigenvalue weighted by atomic mass is 19.4. The second-order valence-corrected chi connectivity index (χ2v) is 13.1. The standard InChI is InChI=1S/C31H39F5N6O2/c1-19-5-4-6-40(13-19)14-21-7-23-24(25(8-21)31(34,35)36)15-41(29(23)43)27-9-22(10-28(38-27)44-16-26(32)33)30(11-20(2)12-30)42-18-39(3)17-37-42/h7-10,19-20,26,37H,4-6,11-18H2,1-3H3/t19-,20?,30?/m0/s1. The molecule has 1 atom stereocenters. The quantitative estimate of drug-likeness (QED) is 0.394. The van der Waals surface area contributed by atoms with Crippen LogP contribution in [0.4, 0.5) is 27.8 Å². The molecule has 0 bridgehead atoms. The highest BCUT2D eigenvalue weighted by Gasteiger charge is 2.50. The third-order valence-electron chi connectivity index (χ3n) is 9.32.